The molecule has 0 aromatic heterocycles. The maximum absolute atomic E-state index is 13.1. The number of aliphatic hydroxyl groups is 5. The summed E-state index contributed by atoms with van der Waals surface area (Å²) in [6, 6.07) is -0.826. The van der Waals surface area contributed by atoms with E-state index in [4.69, 9.17) is 9.47 Å². The van der Waals surface area contributed by atoms with Crippen LogP contribution in [0.5, 0.6) is 0 Å². The van der Waals surface area contributed by atoms with Crippen LogP contribution in [0.2, 0.25) is 0 Å². The average molecular weight is 1130 g/mol. The number of carbonyl (C=O) groups excluding carboxylic acids is 1. The molecule has 0 saturated carbocycles. The quantitative estimate of drug-likeness (QED) is 0.0261. The molecule has 1 amide bonds. The molecule has 9 nitrogen and oxygen atoms in total. The summed E-state index contributed by atoms with van der Waals surface area (Å²) in [7, 11) is 0. The van der Waals surface area contributed by atoms with Gasteiger partial charge >= 0.3 is 0 Å². The van der Waals surface area contributed by atoms with Gasteiger partial charge in [-0.15, -0.1) is 0 Å². The van der Waals surface area contributed by atoms with Crippen molar-refractivity contribution in [1.82, 2.24) is 5.32 Å². The van der Waals surface area contributed by atoms with Crippen LogP contribution in [-0.4, -0.2) is 87.5 Å². The summed E-state index contributed by atoms with van der Waals surface area (Å²) >= 11 is 0. The Labute approximate surface area is 497 Å². The number of ether oxygens (including phenoxy) is 2. The molecule has 1 heterocycles. The minimum Gasteiger partial charge on any atom is -0.394 e. The summed E-state index contributed by atoms with van der Waals surface area (Å²) in [5.41, 5.74) is 0. The van der Waals surface area contributed by atoms with Crippen LogP contribution >= 0.6 is 0 Å². The van der Waals surface area contributed by atoms with E-state index in [1.807, 2.05) is 6.08 Å². The average Bonchev–Trinajstić information content (AvgIpc) is 3.50. The fraction of sp³-hybridized carbons (Fsp3) is 0.708. The highest BCUT2D eigenvalue weighted by atomic mass is 16.7. The number of carbonyl (C=O) groups is 1. The molecule has 0 spiro atoms. The van der Waals surface area contributed by atoms with Crippen LogP contribution in [0, 0.1) is 0 Å². The van der Waals surface area contributed by atoms with Crippen molar-refractivity contribution < 1.29 is 39.8 Å². The van der Waals surface area contributed by atoms with Crippen LogP contribution in [0.25, 0.3) is 0 Å². The Morgan fingerprint density at radius 2 is 0.765 bits per heavy atom. The first-order valence-corrected chi connectivity index (χ1v) is 33.3. The predicted octanol–water partition coefficient (Wildman–Crippen LogP) is 17.9. The predicted molar refractivity (Wildman–Crippen MR) is 345 cm³/mol. The zero-order chi connectivity index (χ0) is 58.6. The monoisotopic (exact) mass is 1130 g/mol. The Balaban J connectivity index is 2.22. The molecule has 7 unspecified atom stereocenters. The van der Waals surface area contributed by atoms with Crippen molar-refractivity contribution in [1.29, 1.82) is 0 Å². The smallest absolute Gasteiger partial charge is 0.220 e. The number of hydrogen-bond acceptors (Lipinski definition) is 8. The Bertz CT molecular complexity index is 1690. The molecule has 1 aliphatic heterocycles. The molecule has 1 rings (SSSR count). The second kappa shape index (κ2) is 59.7. The molecular weight excluding hydrogens is 1010 g/mol. The van der Waals surface area contributed by atoms with Gasteiger partial charge in [0, 0.05) is 6.42 Å². The van der Waals surface area contributed by atoms with E-state index < -0.39 is 49.5 Å². The summed E-state index contributed by atoms with van der Waals surface area (Å²) in [4.78, 5) is 13.1. The van der Waals surface area contributed by atoms with E-state index in [9.17, 15) is 30.3 Å². The molecule has 0 radical (unpaired) electrons. The molecule has 0 aliphatic carbocycles. The fourth-order valence-electron chi connectivity index (χ4n) is 9.86. The van der Waals surface area contributed by atoms with E-state index in [0.717, 1.165) is 116 Å². The van der Waals surface area contributed by atoms with E-state index in [2.05, 4.69) is 129 Å². The zero-order valence-electron chi connectivity index (χ0n) is 51.7. The normalized spacial score (nSPS) is 19.2. The Hall–Kier alpha value is -3.41. The number of aliphatic hydroxyl groups excluding tert-OH is 5. The van der Waals surface area contributed by atoms with Crippen LogP contribution in [-0.2, 0) is 14.3 Å². The Morgan fingerprint density at radius 3 is 1.14 bits per heavy atom. The number of unbranched alkanes of at least 4 members (excludes halogenated alkanes) is 28. The minimum atomic E-state index is -1.58. The van der Waals surface area contributed by atoms with Crippen molar-refractivity contribution in [2.75, 3.05) is 13.2 Å². The molecule has 1 aliphatic rings. The third kappa shape index (κ3) is 48.6. The van der Waals surface area contributed by atoms with Gasteiger partial charge in [0.05, 0.1) is 25.4 Å². The lowest BCUT2D eigenvalue weighted by Gasteiger charge is -2.40. The van der Waals surface area contributed by atoms with Gasteiger partial charge in [-0.1, -0.05) is 296 Å². The molecule has 1 saturated heterocycles. The first kappa shape index (κ1) is 75.6. The minimum absolute atomic E-state index is 0.198. The Morgan fingerprint density at radius 1 is 0.432 bits per heavy atom. The standard InChI is InChI=1S/C72H123NO8/c1-3-5-7-9-11-13-15-17-19-21-23-25-27-29-30-31-32-33-34-35-36-38-40-42-44-46-48-50-52-54-56-58-60-62-68(76)73-65(64-80-72-71(79)70(78)69(77)67(63-74)81-72)66(75)61-59-57-55-53-51-49-47-45-43-41-39-37-28-26-24-22-20-18-16-14-12-10-8-6-4-2/h5,7,11,13,17,19,23,25,29-30,32-33,35-36,40,42,46,48,59,61,65-67,69-72,74-75,77-79H,3-4,6,8-10,12,14-16,18,20-22,24,26-28,31,34,37-39,41,43-45,47,49-58,60,62-64H2,1-2H3,(H,73,76)/b7-5-,13-11-,19-17-,25-23-,30-29-,33-32-,36-35-,42-40-,48-46-,61-59+. The van der Waals surface area contributed by atoms with Gasteiger partial charge in [0.25, 0.3) is 0 Å². The van der Waals surface area contributed by atoms with Crippen molar-refractivity contribution >= 4 is 5.91 Å². The van der Waals surface area contributed by atoms with Gasteiger partial charge < -0.3 is 40.3 Å². The van der Waals surface area contributed by atoms with E-state index in [1.165, 1.54) is 135 Å². The van der Waals surface area contributed by atoms with E-state index in [-0.39, 0.29) is 12.5 Å². The maximum Gasteiger partial charge on any atom is 0.220 e. The number of rotatable bonds is 56. The van der Waals surface area contributed by atoms with Gasteiger partial charge in [-0.25, -0.2) is 0 Å². The third-order valence-corrected chi connectivity index (χ3v) is 15.0. The van der Waals surface area contributed by atoms with E-state index >= 15 is 0 Å². The first-order valence-electron chi connectivity index (χ1n) is 33.3. The molecule has 0 aromatic carbocycles. The van der Waals surface area contributed by atoms with Crippen LogP contribution in [0.4, 0.5) is 0 Å². The Kier molecular flexibility index (Phi) is 55.8. The number of allylic oxidation sites excluding steroid dienone is 19. The summed E-state index contributed by atoms with van der Waals surface area (Å²) in [6.45, 7) is 3.67. The fourth-order valence-corrected chi connectivity index (χ4v) is 9.86. The summed E-state index contributed by atoms with van der Waals surface area (Å²) < 4.78 is 11.3. The van der Waals surface area contributed by atoms with Crippen LogP contribution in [0.1, 0.15) is 271 Å². The molecule has 9 heteroatoms. The topological polar surface area (TPSA) is 149 Å². The van der Waals surface area contributed by atoms with Crippen molar-refractivity contribution in [3.63, 3.8) is 0 Å². The maximum atomic E-state index is 13.1. The van der Waals surface area contributed by atoms with E-state index in [0.29, 0.717) is 6.42 Å². The second-order valence-corrected chi connectivity index (χ2v) is 22.5. The molecule has 6 N–H and O–H groups in total. The second-order valence-electron chi connectivity index (χ2n) is 22.5. The van der Waals surface area contributed by atoms with Gasteiger partial charge in [-0.2, -0.15) is 0 Å². The van der Waals surface area contributed by atoms with Gasteiger partial charge in [0.1, 0.15) is 24.4 Å². The first-order chi connectivity index (χ1) is 39.8. The van der Waals surface area contributed by atoms with Crippen LogP contribution in [0.3, 0.4) is 0 Å². The molecule has 7 atom stereocenters. The van der Waals surface area contributed by atoms with Crippen LogP contribution < -0.4 is 5.32 Å². The molecule has 0 bridgehead atoms. The lowest BCUT2D eigenvalue weighted by Crippen LogP contribution is -2.60. The summed E-state index contributed by atoms with van der Waals surface area (Å²) in [5, 5.41) is 54.7. The van der Waals surface area contributed by atoms with E-state index in [1.54, 1.807) is 6.08 Å². The molecule has 1 fully saturated rings. The highest BCUT2D eigenvalue weighted by molar-refractivity contribution is 5.76. The summed E-state index contributed by atoms with van der Waals surface area (Å²) in [5.74, 6) is -0.198. The zero-order valence-corrected chi connectivity index (χ0v) is 51.7. The largest absolute Gasteiger partial charge is 0.394 e. The highest BCUT2D eigenvalue weighted by Gasteiger charge is 2.44. The number of hydrogen-bond donors (Lipinski definition) is 6. The van der Waals surface area contributed by atoms with Gasteiger partial charge in [-0.05, 0) is 89.9 Å². The lowest BCUT2D eigenvalue weighted by molar-refractivity contribution is -0.302. The van der Waals surface area contributed by atoms with Gasteiger partial charge in [0.2, 0.25) is 5.91 Å². The van der Waals surface area contributed by atoms with Crippen molar-refractivity contribution in [2.24, 2.45) is 0 Å². The SMILES string of the molecule is CC/C=C\C/C=C\C/C=C\C/C=C\C/C=C\C/C=C\C/C=C\C/C=C\C/C=C\CCCCCCCC(=O)NC(COC1OC(CO)C(O)C(O)C1O)C(O)/C=C/CCCCCCCCCCCCCCCCCCCCCCCCC. The summed E-state index contributed by atoms with van der Waals surface area (Å²) in [6.07, 6.45) is 82.7. The molecular formula is C72H123NO8. The molecule has 464 valence electrons. The highest BCUT2D eigenvalue weighted by Crippen LogP contribution is 2.23. The van der Waals surface area contributed by atoms with Crippen molar-refractivity contribution in [3.8, 4) is 0 Å². The number of amides is 1. The van der Waals surface area contributed by atoms with Crippen molar-refractivity contribution in [3.05, 3.63) is 122 Å². The van der Waals surface area contributed by atoms with Crippen LogP contribution in [0.15, 0.2) is 122 Å². The molecule has 0 aromatic rings. The van der Waals surface area contributed by atoms with Gasteiger partial charge in [-0.3, -0.25) is 4.79 Å². The third-order valence-electron chi connectivity index (χ3n) is 15.0. The molecule has 81 heavy (non-hydrogen) atoms. The van der Waals surface area contributed by atoms with Crippen molar-refractivity contribution in [2.45, 2.75) is 314 Å². The van der Waals surface area contributed by atoms with Gasteiger partial charge in [0.15, 0.2) is 6.29 Å². The number of nitrogens with one attached hydrogen (secondary N) is 1. The lowest BCUT2D eigenvalue weighted by atomic mass is 9.99.